The van der Waals surface area contributed by atoms with Gasteiger partial charge in [0.25, 0.3) is 0 Å². The molecule has 2 bridgehead atoms. The van der Waals surface area contributed by atoms with Crippen LogP contribution in [0.1, 0.15) is 5.56 Å². The number of sulfonamides is 1. The Balaban J connectivity index is 1.83. The third kappa shape index (κ3) is 4.56. The number of hydrogen-bond acceptors (Lipinski definition) is 4. The van der Waals surface area contributed by atoms with Crippen LogP contribution in [-0.2, 0) is 16.4 Å². The molecule has 0 unspecified atom stereocenters. The lowest BCUT2D eigenvalue weighted by Gasteiger charge is -2.31. The molecule has 1 saturated heterocycles. The zero-order valence-corrected chi connectivity index (χ0v) is 19.0. The Morgan fingerprint density at radius 2 is 1.85 bits per heavy atom. The van der Waals surface area contributed by atoms with Crippen molar-refractivity contribution in [2.24, 2.45) is 0 Å². The fourth-order valence-electron chi connectivity index (χ4n) is 4.36. The summed E-state index contributed by atoms with van der Waals surface area (Å²) in [6.45, 7) is -0.606. The third-order valence-corrected chi connectivity index (χ3v) is 6.96. The third-order valence-electron chi connectivity index (χ3n) is 6.05. The first-order chi connectivity index (χ1) is 16.1. The molecule has 4 rings (SSSR count). The Bertz CT molecular complexity index is 1200. The molecular formula is C22H23F4N3O4S. The monoisotopic (exact) mass is 501 g/mol. The number of para-hydroxylation sites is 1. The van der Waals surface area contributed by atoms with Gasteiger partial charge in [-0.2, -0.15) is 0 Å². The molecule has 7 nitrogen and oxygen atoms in total. The Kier molecular flexibility index (Phi) is 6.72. The van der Waals surface area contributed by atoms with Gasteiger partial charge in [0.2, 0.25) is 16.0 Å². The van der Waals surface area contributed by atoms with E-state index in [1.54, 1.807) is 0 Å². The molecule has 0 saturated carbocycles. The molecule has 1 fully saturated rings. The number of alkyl halides is 2. The number of likely N-dealkylation sites (N-methyl/N-ethyl adjacent to an activating group) is 1. The van der Waals surface area contributed by atoms with E-state index < -0.39 is 58.5 Å². The van der Waals surface area contributed by atoms with E-state index in [9.17, 15) is 26.4 Å². The normalized spacial score (nSPS) is 23.3. The number of rotatable bonds is 3. The zero-order chi connectivity index (χ0) is 24.6. The predicted octanol–water partition coefficient (Wildman–Crippen LogP) is 2.86. The maximum absolute atomic E-state index is 15.6. The molecule has 2 aliphatic rings. The van der Waals surface area contributed by atoms with Crippen LogP contribution >= 0.6 is 0 Å². The van der Waals surface area contributed by atoms with Crippen molar-refractivity contribution < 1.29 is 35.5 Å². The van der Waals surface area contributed by atoms with Crippen LogP contribution in [0.25, 0.3) is 11.1 Å². The number of benzene rings is 2. The van der Waals surface area contributed by atoms with Gasteiger partial charge < -0.3 is 14.5 Å². The summed E-state index contributed by atoms with van der Waals surface area (Å²) < 4.78 is 89.4. The van der Waals surface area contributed by atoms with Crippen molar-refractivity contribution in [3.8, 4) is 16.9 Å². The molecule has 184 valence electrons. The SMILES string of the molecule is CN1CCOc2c(F)cccc2-c2cccc(c2F)C[C@H]2[C@@H](NS(=O)(=O)CF)[C@@H](F)CN2C1=O. The molecule has 2 aromatic carbocycles. The summed E-state index contributed by atoms with van der Waals surface area (Å²) in [6, 6.07) is 3.41. The number of carbonyl (C=O) groups excluding carboxylic acids is 1. The minimum Gasteiger partial charge on any atom is -0.488 e. The van der Waals surface area contributed by atoms with E-state index in [1.165, 1.54) is 48.3 Å². The van der Waals surface area contributed by atoms with Crippen LogP contribution in [0.5, 0.6) is 5.75 Å². The first-order valence-electron chi connectivity index (χ1n) is 10.5. The lowest BCUT2D eigenvalue weighted by Crippen LogP contribution is -2.52. The molecule has 12 heteroatoms. The van der Waals surface area contributed by atoms with Gasteiger partial charge >= 0.3 is 6.03 Å². The van der Waals surface area contributed by atoms with Crippen molar-refractivity contribution in [3.63, 3.8) is 0 Å². The summed E-state index contributed by atoms with van der Waals surface area (Å²) in [5.41, 5.74) is 0.248. The quantitative estimate of drug-likeness (QED) is 0.657. The Hall–Kier alpha value is -2.86. The number of nitrogens with zero attached hydrogens (tertiary/aromatic N) is 2. The summed E-state index contributed by atoms with van der Waals surface area (Å²) in [5.74, 6) is -1.61. The predicted molar refractivity (Wildman–Crippen MR) is 116 cm³/mol. The lowest BCUT2D eigenvalue weighted by atomic mass is 9.95. The topological polar surface area (TPSA) is 79.0 Å². The lowest BCUT2D eigenvalue weighted by molar-refractivity contribution is 0.145. The van der Waals surface area contributed by atoms with Gasteiger partial charge in [-0.3, -0.25) is 0 Å². The van der Waals surface area contributed by atoms with Crippen LogP contribution < -0.4 is 9.46 Å². The summed E-state index contributed by atoms with van der Waals surface area (Å²) in [6.07, 6.45) is -2.10. The maximum atomic E-state index is 15.6. The molecule has 0 aliphatic carbocycles. The number of carbonyl (C=O) groups is 1. The second-order valence-corrected chi connectivity index (χ2v) is 9.94. The van der Waals surface area contributed by atoms with Crippen molar-refractivity contribution in [3.05, 3.63) is 53.6 Å². The van der Waals surface area contributed by atoms with E-state index in [2.05, 4.69) is 0 Å². The zero-order valence-electron chi connectivity index (χ0n) is 18.2. The summed E-state index contributed by atoms with van der Waals surface area (Å²) in [4.78, 5) is 15.4. The number of amides is 2. The van der Waals surface area contributed by atoms with Gasteiger partial charge in [0.05, 0.1) is 25.2 Å². The molecule has 1 N–H and O–H groups in total. The van der Waals surface area contributed by atoms with Crippen LogP contribution in [0, 0.1) is 11.6 Å². The maximum Gasteiger partial charge on any atom is 0.320 e. The number of fused-ring (bicyclic) bond motifs is 5. The molecule has 2 heterocycles. The molecule has 3 atom stereocenters. The minimum atomic E-state index is -4.46. The smallest absolute Gasteiger partial charge is 0.320 e. The largest absolute Gasteiger partial charge is 0.488 e. The fourth-order valence-corrected chi connectivity index (χ4v) is 5.14. The van der Waals surface area contributed by atoms with Gasteiger partial charge in [-0.25, -0.2) is 35.5 Å². The molecule has 0 spiro atoms. The molecule has 2 aliphatic heterocycles. The second kappa shape index (κ2) is 9.41. The van der Waals surface area contributed by atoms with Crippen molar-refractivity contribution in [1.82, 2.24) is 14.5 Å². The van der Waals surface area contributed by atoms with E-state index in [0.29, 0.717) is 0 Å². The molecule has 34 heavy (non-hydrogen) atoms. The van der Waals surface area contributed by atoms with Gasteiger partial charge in [-0.05, 0) is 18.1 Å². The van der Waals surface area contributed by atoms with Crippen LogP contribution in [0.2, 0.25) is 0 Å². The van der Waals surface area contributed by atoms with Gasteiger partial charge in [-0.1, -0.05) is 30.3 Å². The number of halogens is 4. The highest BCUT2D eigenvalue weighted by molar-refractivity contribution is 7.89. The number of hydrogen-bond donors (Lipinski definition) is 1. The van der Waals surface area contributed by atoms with Crippen molar-refractivity contribution in [2.75, 3.05) is 32.8 Å². The fraction of sp³-hybridized carbons (Fsp3) is 0.409. The highest BCUT2D eigenvalue weighted by Gasteiger charge is 2.47. The number of nitrogens with one attached hydrogen (secondary N) is 1. The van der Waals surface area contributed by atoms with E-state index in [0.717, 1.165) is 4.90 Å². The highest BCUT2D eigenvalue weighted by Crippen LogP contribution is 2.36. The standard InChI is InChI=1S/C22H23F4N3O4S/c1-28-8-9-33-21-15(6-3-7-16(21)24)14-5-2-4-13(19(14)26)10-18-20(27-34(31,32)12-23)17(25)11-29(18)22(28)30/h2-7,17-18,20,27H,8-12H2,1H3/t17-,18-,20-/m0/s1. The molecular weight excluding hydrogens is 478 g/mol. The average molecular weight is 502 g/mol. The van der Waals surface area contributed by atoms with Crippen LogP contribution in [0.3, 0.4) is 0 Å². The van der Waals surface area contributed by atoms with E-state index in [1.807, 2.05) is 4.72 Å². The van der Waals surface area contributed by atoms with E-state index >= 15 is 4.39 Å². The summed E-state index contributed by atoms with van der Waals surface area (Å²) >= 11 is 0. The van der Waals surface area contributed by atoms with Crippen LogP contribution in [0.15, 0.2) is 36.4 Å². The van der Waals surface area contributed by atoms with Crippen LogP contribution in [-0.4, -0.2) is 75.3 Å². The van der Waals surface area contributed by atoms with Gasteiger partial charge in [0.15, 0.2) is 11.6 Å². The molecule has 0 aromatic heterocycles. The first-order valence-corrected chi connectivity index (χ1v) is 12.2. The summed E-state index contributed by atoms with van der Waals surface area (Å²) in [5, 5.41) is 0. The van der Waals surface area contributed by atoms with E-state index in [-0.39, 0.29) is 42.0 Å². The Labute approximate surface area is 194 Å². The van der Waals surface area contributed by atoms with Gasteiger partial charge in [0, 0.05) is 18.2 Å². The van der Waals surface area contributed by atoms with E-state index in [4.69, 9.17) is 4.74 Å². The average Bonchev–Trinajstić information content (AvgIpc) is 3.09. The van der Waals surface area contributed by atoms with Crippen molar-refractivity contribution >= 4 is 16.1 Å². The molecule has 2 amide bonds. The molecule has 2 aromatic rings. The highest BCUT2D eigenvalue weighted by atomic mass is 32.2. The molecule has 0 radical (unpaired) electrons. The summed E-state index contributed by atoms with van der Waals surface area (Å²) in [7, 11) is -3.03. The van der Waals surface area contributed by atoms with Gasteiger partial charge in [0.1, 0.15) is 18.6 Å². The van der Waals surface area contributed by atoms with Crippen molar-refractivity contribution in [2.45, 2.75) is 24.7 Å². The van der Waals surface area contributed by atoms with Gasteiger partial charge in [-0.15, -0.1) is 0 Å². The first kappa shape index (κ1) is 24.3. The minimum absolute atomic E-state index is 0.00623. The Morgan fingerprint density at radius 3 is 2.59 bits per heavy atom. The van der Waals surface area contributed by atoms with Crippen LogP contribution in [0.4, 0.5) is 22.4 Å². The number of urea groups is 1. The second-order valence-electron chi connectivity index (χ2n) is 8.26. The van der Waals surface area contributed by atoms with Crippen molar-refractivity contribution in [1.29, 1.82) is 0 Å². The number of ether oxygens (including phenoxy) is 1. The Morgan fingerprint density at radius 1 is 1.15 bits per heavy atom.